The lowest BCUT2D eigenvalue weighted by atomic mass is 9.53. The molecule has 176 valence electrons. The van der Waals surface area contributed by atoms with Crippen molar-refractivity contribution < 1.29 is 24.2 Å². The third kappa shape index (κ3) is 3.01. The van der Waals surface area contributed by atoms with Crippen LogP contribution in [0.4, 0.5) is 0 Å². The van der Waals surface area contributed by atoms with Crippen molar-refractivity contribution in [1.82, 2.24) is 14.7 Å². The molecular weight excluding hydrogens is 434 g/mol. The summed E-state index contributed by atoms with van der Waals surface area (Å²) in [6.07, 6.45) is 4.56. The number of methoxy groups -OCH3 is 1. The van der Waals surface area contributed by atoms with Gasteiger partial charge in [-0.05, 0) is 75.8 Å². The van der Waals surface area contributed by atoms with Gasteiger partial charge in [-0.1, -0.05) is 6.07 Å². The molecule has 1 aliphatic heterocycles. The summed E-state index contributed by atoms with van der Waals surface area (Å²) in [4.78, 5) is 22.2. The number of esters is 1. The van der Waals surface area contributed by atoms with Gasteiger partial charge in [0.2, 0.25) is 6.79 Å². The molecule has 1 N–H and O–H groups in total. The molecule has 4 aliphatic rings. The van der Waals surface area contributed by atoms with E-state index in [0.717, 1.165) is 49.8 Å². The number of rotatable bonds is 4. The van der Waals surface area contributed by atoms with E-state index in [1.807, 2.05) is 43.3 Å². The molecule has 0 radical (unpaired) electrons. The Balaban J connectivity index is 1.48. The van der Waals surface area contributed by atoms with Gasteiger partial charge in [0.25, 0.3) is 0 Å². The molecule has 3 fully saturated rings. The largest absolute Gasteiger partial charge is 0.469 e. The minimum absolute atomic E-state index is 0.112. The average molecular weight is 462 g/mol. The molecule has 7 rings (SSSR count). The van der Waals surface area contributed by atoms with Crippen molar-refractivity contribution >= 4 is 5.97 Å². The van der Waals surface area contributed by atoms with E-state index < -0.39 is 5.41 Å². The van der Waals surface area contributed by atoms with E-state index in [9.17, 15) is 10.0 Å². The summed E-state index contributed by atoms with van der Waals surface area (Å²) in [5, 5.41) is 11.6. The van der Waals surface area contributed by atoms with Crippen LogP contribution in [-0.2, 0) is 14.9 Å². The maximum Gasteiger partial charge on any atom is 0.311 e. The molecule has 0 spiro atoms. The number of carbonyl (C=O) groups is 1. The molecule has 3 saturated carbocycles. The SMILES string of the molecule is COC(=O)C12CCC(c3nc(-c4ccc5c(c4)OCO5)c(-c4cccc(C)n4)n3O)(CC1)CC2. The number of hydrogen-bond donors (Lipinski definition) is 1. The summed E-state index contributed by atoms with van der Waals surface area (Å²) in [6, 6.07) is 11.4. The quantitative estimate of drug-likeness (QED) is 0.446. The van der Waals surface area contributed by atoms with Crippen molar-refractivity contribution in [3.8, 4) is 34.1 Å². The number of fused-ring (bicyclic) bond motifs is 4. The predicted molar refractivity (Wildman–Crippen MR) is 123 cm³/mol. The molecule has 0 saturated heterocycles. The van der Waals surface area contributed by atoms with E-state index in [-0.39, 0.29) is 18.2 Å². The molecular formula is C26H27N3O5. The number of nitrogens with zero attached hydrogens (tertiary/aromatic N) is 3. The number of aryl methyl sites for hydroxylation is 1. The second-order valence-electron chi connectivity index (χ2n) is 9.73. The second-order valence-corrected chi connectivity index (χ2v) is 9.73. The normalized spacial score (nSPS) is 24.9. The zero-order valence-electron chi connectivity index (χ0n) is 19.3. The van der Waals surface area contributed by atoms with Crippen LogP contribution in [0.2, 0.25) is 0 Å². The second kappa shape index (κ2) is 7.48. The van der Waals surface area contributed by atoms with Gasteiger partial charge in [-0.25, -0.2) is 4.98 Å². The summed E-state index contributed by atoms with van der Waals surface area (Å²) >= 11 is 0. The first-order valence-corrected chi connectivity index (χ1v) is 11.7. The lowest BCUT2D eigenvalue weighted by molar-refractivity contribution is -0.160. The Hall–Kier alpha value is -3.55. The summed E-state index contributed by atoms with van der Waals surface area (Å²) < 4.78 is 17.4. The Bertz CT molecular complexity index is 1270. The van der Waals surface area contributed by atoms with E-state index in [2.05, 4.69) is 4.98 Å². The molecule has 1 aromatic carbocycles. The van der Waals surface area contributed by atoms with E-state index in [1.165, 1.54) is 11.8 Å². The molecule has 0 atom stereocenters. The first kappa shape index (κ1) is 21.0. The average Bonchev–Trinajstić information content (AvgIpc) is 3.48. The molecule has 2 aromatic heterocycles. The van der Waals surface area contributed by atoms with Crippen LogP contribution in [0, 0.1) is 12.3 Å². The van der Waals surface area contributed by atoms with Gasteiger partial charge in [-0.3, -0.25) is 9.78 Å². The first-order valence-electron chi connectivity index (χ1n) is 11.7. The highest BCUT2D eigenvalue weighted by Gasteiger charge is 2.55. The first-order chi connectivity index (χ1) is 16.4. The van der Waals surface area contributed by atoms with Crippen molar-refractivity contribution in [3.05, 3.63) is 47.9 Å². The van der Waals surface area contributed by atoms with Crippen molar-refractivity contribution in [1.29, 1.82) is 0 Å². The van der Waals surface area contributed by atoms with Crippen LogP contribution >= 0.6 is 0 Å². The van der Waals surface area contributed by atoms with Gasteiger partial charge in [0.05, 0.1) is 18.2 Å². The highest BCUT2D eigenvalue weighted by Crippen LogP contribution is 2.58. The number of aromatic nitrogens is 3. The van der Waals surface area contributed by atoms with E-state index in [1.54, 1.807) is 0 Å². The maximum absolute atomic E-state index is 12.5. The van der Waals surface area contributed by atoms with Crippen molar-refractivity contribution in [3.63, 3.8) is 0 Å². The monoisotopic (exact) mass is 461 g/mol. The number of benzene rings is 1. The molecule has 34 heavy (non-hydrogen) atoms. The fourth-order valence-electron chi connectivity index (χ4n) is 5.95. The van der Waals surface area contributed by atoms with Gasteiger partial charge in [0.1, 0.15) is 11.4 Å². The third-order valence-corrected chi connectivity index (χ3v) is 7.97. The van der Waals surface area contributed by atoms with Gasteiger partial charge >= 0.3 is 5.97 Å². The zero-order valence-corrected chi connectivity index (χ0v) is 19.3. The standard InChI is InChI=1S/C26H27N3O5/c1-16-4-3-5-18(27-16)22-21(17-6-7-19-20(14-17)34-15-33-19)28-23(29(22)31)25-8-11-26(12-9-25,13-10-25)24(30)32-2/h3-7,14,31H,8-13,15H2,1-2H3. The molecule has 3 aliphatic carbocycles. The number of carbonyl (C=O) groups excluding carboxylic acids is 1. The highest BCUT2D eigenvalue weighted by molar-refractivity contribution is 5.79. The van der Waals surface area contributed by atoms with Gasteiger partial charge in [0.15, 0.2) is 17.3 Å². The summed E-state index contributed by atoms with van der Waals surface area (Å²) in [5.41, 5.74) is 2.85. The minimum Gasteiger partial charge on any atom is -0.469 e. The molecule has 0 unspecified atom stereocenters. The summed E-state index contributed by atoms with van der Waals surface area (Å²) in [7, 11) is 1.47. The molecule has 0 amide bonds. The molecule has 3 aromatic rings. The molecule has 8 nitrogen and oxygen atoms in total. The summed E-state index contributed by atoms with van der Waals surface area (Å²) in [5.74, 6) is 1.88. The fourth-order valence-corrected chi connectivity index (χ4v) is 5.95. The Labute approximate surface area is 197 Å². The topological polar surface area (TPSA) is 95.7 Å². The fraction of sp³-hybridized carbons (Fsp3) is 0.423. The van der Waals surface area contributed by atoms with E-state index in [4.69, 9.17) is 19.2 Å². The van der Waals surface area contributed by atoms with Gasteiger partial charge in [-0.15, -0.1) is 0 Å². The van der Waals surface area contributed by atoms with Gasteiger partial charge in [0, 0.05) is 16.7 Å². The minimum atomic E-state index is -0.398. The predicted octanol–water partition coefficient (Wildman–Crippen LogP) is 4.65. The van der Waals surface area contributed by atoms with Crippen LogP contribution in [0.15, 0.2) is 36.4 Å². The third-order valence-electron chi connectivity index (χ3n) is 7.97. The lowest BCUT2D eigenvalue weighted by Gasteiger charge is -2.50. The molecule has 3 heterocycles. The molecule has 8 heteroatoms. The van der Waals surface area contributed by atoms with Crippen LogP contribution in [0.3, 0.4) is 0 Å². The Kier molecular flexibility index (Phi) is 4.62. The smallest absolute Gasteiger partial charge is 0.311 e. The van der Waals surface area contributed by atoms with Crippen molar-refractivity contribution in [2.24, 2.45) is 5.41 Å². The number of pyridine rings is 1. The Morgan fingerprint density at radius 2 is 1.76 bits per heavy atom. The molecule has 2 bridgehead atoms. The van der Waals surface area contributed by atoms with Crippen LogP contribution in [-0.4, -0.2) is 39.8 Å². The van der Waals surface area contributed by atoms with E-state index >= 15 is 0 Å². The number of hydrogen-bond acceptors (Lipinski definition) is 7. The maximum atomic E-state index is 12.5. The van der Waals surface area contributed by atoms with Crippen LogP contribution in [0.25, 0.3) is 22.6 Å². The zero-order chi connectivity index (χ0) is 23.5. The number of ether oxygens (including phenoxy) is 3. The van der Waals surface area contributed by atoms with E-state index in [0.29, 0.717) is 34.4 Å². The van der Waals surface area contributed by atoms with Gasteiger partial charge in [-0.2, -0.15) is 4.73 Å². The van der Waals surface area contributed by atoms with Crippen LogP contribution < -0.4 is 9.47 Å². The van der Waals surface area contributed by atoms with Crippen LogP contribution in [0.1, 0.15) is 50.0 Å². The lowest BCUT2D eigenvalue weighted by Crippen LogP contribution is -2.49. The summed E-state index contributed by atoms with van der Waals surface area (Å²) in [6.45, 7) is 2.12. The highest BCUT2D eigenvalue weighted by atomic mass is 16.7. The number of imidazole rings is 1. The Morgan fingerprint density at radius 3 is 2.47 bits per heavy atom. The van der Waals surface area contributed by atoms with Crippen molar-refractivity contribution in [2.45, 2.75) is 50.9 Å². The van der Waals surface area contributed by atoms with Crippen molar-refractivity contribution in [2.75, 3.05) is 13.9 Å². The Morgan fingerprint density at radius 1 is 1.03 bits per heavy atom. The van der Waals surface area contributed by atoms with Crippen LogP contribution in [0.5, 0.6) is 11.5 Å². The van der Waals surface area contributed by atoms with Gasteiger partial charge < -0.3 is 19.4 Å².